The standard InChI is InChI=1S/C13H9FO3/c14-10-3-1-2-9(8-10)4-5-12-13(16)11(15)6-7-17-12/h1-8,16H/b5-4+. The van der Waals surface area contributed by atoms with Crippen molar-refractivity contribution in [2.75, 3.05) is 0 Å². The largest absolute Gasteiger partial charge is 0.502 e. The molecule has 1 N–H and O–H groups in total. The number of benzene rings is 1. The molecule has 0 fully saturated rings. The van der Waals surface area contributed by atoms with Gasteiger partial charge in [-0.1, -0.05) is 18.2 Å². The van der Waals surface area contributed by atoms with Crippen LogP contribution in [0, 0.1) is 5.82 Å². The lowest BCUT2D eigenvalue weighted by atomic mass is 10.2. The van der Waals surface area contributed by atoms with Gasteiger partial charge >= 0.3 is 0 Å². The van der Waals surface area contributed by atoms with Crippen molar-refractivity contribution in [1.29, 1.82) is 0 Å². The summed E-state index contributed by atoms with van der Waals surface area (Å²) in [5.74, 6) is -0.771. The first-order chi connectivity index (χ1) is 8.16. The normalized spacial score (nSPS) is 10.9. The van der Waals surface area contributed by atoms with Gasteiger partial charge in [0.2, 0.25) is 11.2 Å². The zero-order chi connectivity index (χ0) is 12.3. The van der Waals surface area contributed by atoms with Crippen LogP contribution in [0.5, 0.6) is 5.75 Å². The molecule has 0 aliphatic carbocycles. The average molecular weight is 232 g/mol. The molecule has 4 heteroatoms. The topological polar surface area (TPSA) is 50.4 Å². The van der Waals surface area contributed by atoms with Gasteiger partial charge in [-0.15, -0.1) is 0 Å². The van der Waals surface area contributed by atoms with Crippen LogP contribution in [0.25, 0.3) is 12.2 Å². The van der Waals surface area contributed by atoms with Crippen LogP contribution < -0.4 is 5.43 Å². The first-order valence-corrected chi connectivity index (χ1v) is 4.91. The van der Waals surface area contributed by atoms with Crippen molar-refractivity contribution in [2.24, 2.45) is 0 Å². The predicted octanol–water partition coefficient (Wildman–Crippen LogP) is 2.65. The van der Waals surface area contributed by atoms with Gasteiger partial charge < -0.3 is 9.52 Å². The van der Waals surface area contributed by atoms with Crippen LogP contribution in [-0.4, -0.2) is 5.11 Å². The van der Waals surface area contributed by atoms with Crippen LogP contribution in [0.2, 0.25) is 0 Å². The van der Waals surface area contributed by atoms with Crippen LogP contribution in [0.15, 0.2) is 45.8 Å². The molecule has 0 spiro atoms. The van der Waals surface area contributed by atoms with E-state index in [-0.39, 0.29) is 11.6 Å². The summed E-state index contributed by atoms with van der Waals surface area (Å²) in [6, 6.07) is 7.04. The molecule has 0 atom stereocenters. The zero-order valence-corrected chi connectivity index (χ0v) is 8.76. The van der Waals surface area contributed by atoms with Crippen molar-refractivity contribution in [2.45, 2.75) is 0 Å². The lowest BCUT2D eigenvalue weighted by Crippen LogP contribution is -1.97. The van der Waals surface area contributed by atoms with Crippen LogP contribution in [-0.2, 0) is 0 Å². The summed E-state index contributed by atoms with van der Waals surface area (Å²) in [6.45, 7) is 0. The Morgan fingerprint density at radius 3 is 2.82 bits per heavy atom. The number of rotatable bonds is 2. The molecule has 2 rings (SSSR count). The second kappa shape index (κ2) is 4.65. The maximum absolute atomic E-state index is 12.9. The third-order valence-corrected chi connectivity index (χ3v) is 2.16. The summed E-state index contributed by atoms with van der Waals surface area (Å²) in [6.07, 6.45) is 4.14. The highest BCUT2D eigenvalue weighted by Crippen LogP contribution is 2.15. The molecule has 0 saturated heterocycles. The van der Waals surface area contributed by atoms with Crippen LogP contribution in [0.3, 0.4) is 0 Å². The monoisotopic (exact) mass is 232 g/mol. The van der Waals surface area contributed by atoms with E-state index in [0.717, 1.165) is 6.07 Å². The number of hydrogen-bond acceptors (Lipinski definition) is 3. The Kier molecular flexibility index (Phi) is 3.05. The lowest BCUT2D eigenvalue weighted by Gasteiger charge is -1.96. The van der Waals surface area contributed by atoms with Crippen molar-refractivity contribution in [3.05, 3.63) is 64.0 Å². The Morgan fingerprint density at radius 2 is 2.06 bits per heavy atom. The maximum atomic E-state index is 12.9. The molecule has 0 bridgehead atoms. The van der Waals surface area contributed by atoms with Crippen molar-refractivity contribution >= 4 is 12.2 Å². The first kappa shape index (κ1) is 11.1. The fourth-order valence-electron chi connectivity index (χ4n) is 1.33. The molecule has 3 nitrogen and oxygen atoms in total. The molecule has 86 valence electrons. The van der Waals surface area contributed by atoms with E-state index in [1.807, 2.05) is 0 Å². The summed E-state index contributed by atoms with van der Waals surface area (Å²) < 4.78 is 17.8. The first-order valence-electron chi connectivity index (χ1n) is 4.91. The summed E-state index contributed by atoms with van der Waals surface area (Å²) in [4.78, 5) is 11.1. The summed E-state index contributed by atoms with van der Waals surface area (Å²) in [5, 5.41) is 9.40. The van der Waals surface area contributed by atoms with Crippen molar-refractivity contribution in [1.82, 2.24) is 0 Å². The molecule has 1 heterocycles. The quantitative estimate of drug-likeness (QED) is 0.865. The maximum Gasteiger partial charge on any atom is 0.227 e. The molecule has 0 aliphatic rings. The molecule has 17 heavy (non-hydrogen) atoms. The van der Waals surface area contributed by atoms with E-state index in [1.165, 1.54) is 24.5 Å². The van der Waals surface area contributed by atoms with Gasteiger partial charge in [-0.25, -0.2) is 4.39 Å². The molecule has 0 saturated carbocycles. The molecule has 0 unspecified atom stereocenters. The Balaban J connectivity index is 2.32. The highest BCUT2D eigenvalue weighted by molar-refractivity contribution is 5.69. The zero-order valence-electron chi connectivity index (χ0n) is 8.76. The minimum atomic E-state index is -0.518. The van der Waals surface area contributed by atoms with Gasteiger partial charge in [0.1, 0.15) is 5.82 Å². The van der Waals surface area contributed by atoms with Crippen LogP contribution in [0.4, 0.5) is 4.39 Å². The van der Waals surface area contributed by atoms with Gasteiger partial charge in [0.15, 0.2) is 5.76 Å². The van der Waals surface area contributed by atoms with Gasteiger partial charge in [0, 0.05) is 6.07 Å². The van der Waals surface area contributed by atoms with Crippen molar-refractivity contribution in [3.8, 4) is 5.75 Å². The fraction of sp³-hybridized carbons (Fsp3) is 0. The summed E-state index contributed by atoms with van der Waals surface area (Å²) >= 11 is 0. The van der Waals surface area contributed by atoms with Crippen LogP contribution >= 0.6 is 0 Å². The SMILES string of the molecule is O=c1ccoc(/C=C/c2cccc(F)c2)c1O. The summed E-state index contributed by atoms with van der Waals surface area (Å²) in [7, 11) is 0. The molecule has 0 radical (unpaired) electrons. The minimum absolute atomic E-state index is 0.0433. The van der Waals surface area contributed by atoms with Crippen molar-refractivity contribution < 1.29 is 13.9 Å². The van der Waals surface area contributed by atoms with E-state index < -0.39 is 11.2 Å². The molecule has 0 amide bonds. The predicted molar refractivity (Wildman–Crippen MR) is 62.0 cm³/mol. The molecule has 1 aromatic heterocycles. The molecule has 1 aromatic carbocycles. The second-order valence-electron chi connectivity index (χ2n) is 3.39. The Bertz CT molecular complexity index is 614. The molecule has 2 aromatic rings. The molecular weight excluding hydrogens is 223 g/mol. The van der Waals surface area contributed by atoms with E-state index in [1.54, 1.807) is 18.2 Å². The Labute approximate surface area is 96.5 Å². The van der Waals surface area contributed by atoms with Gasteiger partial charge in [-0.05, 0) is 23.8 Å². The van der Waals surface area contributed by atoms with Crippen LogP contribution in [0.1, 0.15) is 11.3 Å². The third-order valence-electron chi connectivity index (χ3n) is 2.16. The van der Waals surface area contributed by atoms with Gasteiger partial charge in [0.05, 0.1) is 6.26 Å². The average Bonchev–Trinajstić information content (AvgIpc) is 2.31. The summed E-state index contributed by atoms with van der Waals surface area (Å²) in [5.41, 5.74) is 0.0889. The highest BCUT2D eigenvalue weighted by Gasteiger charge is 2.03. The Morgan fingerprint density at radius 1 is 1.24 bits per heavy atom. The van der Waals surface area contributed by atoms with E-state index >= 15 is 0 Å². The van der Waals surface area contributed by atoms with E-state index in [4.69, 9.17) is 4.42 Å². The Hall–Kier alpha value is -2.36. The van der Waals surface area contributed by atoms with E-state index in [0.29, 0.717) is 5.56 Å². The molecule has 0 aliphatic heterocycles. The van der Waals surface area contributed by atoms with Crippen molar-refractivity contribution in [3.63, 3.8) is 0 Å². The number of hydrogen-bond donors (Lipinski definition) is 1. The molecular formula is C13H9FO3. The smallest absolute Gasteiger partial charge is 0.227 e. The number of aromatic hydroxyl groups is 1. The third kappa shape index (κ3) is 2.60. The van der Waals surface area contributed by atoms with Gasteiger partial charge in [0.25, 0.3) is 0 Å². The van der Waals surface area contributed by atoms with E-state index in [2.05, 4.69) is 0 Å². The second-order valence-corrected chi connectivity index (χ2v) is 3.39. The minimum Gasteiger partial charge on any atom is -0.502 e. The van der Waals surface area contributed by atoms with E-state index in [9.17, 15) is 14.3 Å². The number of halogens is 1. The lowest BCUT2D eigenvalue weighted by molar-refractivity contribution is 0.424. The van der Waals surface area contributed by atoms with Gasteiger partial charge in [-0.2, -0.15) is 0 Å². The van der Waals surface area contributed by atoms with Gasteiger partial charge in [-0.3, -0.25) is 4.79 Å². The fourth-order valence-corrected chi connectivity index (χ4v) is 1.33. The highest BCUT2D eigenvalue weighted by atomic mass is 19.1.